The smallest absolute Gasteiger partial charge is 0.204 e. The van der Waals surface area contributed by atoms with Gasteiger partial charge in [-0.2, -0.15) is 5.10 Å². The second-order valence-electron chi connectivity index (χ2n) is 6.53. The van der Waals surface area contributed by atoms with Crippen molar-refractivity contribution < 1.29 is 9.90 Å². The molecule has 0 aliphatic carbocycles. The molecule has 0 aromatic carbocycles. The molecule has 0 bridgehead atoms. The second kappa shape index (κ2) is 6.20. The number of nitrogens with zero attached hydrogens (tertiary/aromatic N) is 6. The highest BCUT2D eigenvalue weighted by Crippen LogP contribution is 2.32. The lowest BCUT2D eigenvalue weighted by Crippen LogP contribution is -2.11. The van der Waals surface area contributed by atoms with E-state index in [2.05, 4.69) is 15.4 Å². The van der Waals surface area contributed by atoms with E-state index in [0.717, 1.165) is 16.6 Å². The van der Waals surface area contributed by atoms with Crippen molar-refractivity contribution in [3.8, 4) is 0 Å². The van der Waals surface area contributed by atoms with Crippen molar-refractivity contribution in [3.63, 3.8) is 0 Å². The summed E-state index contributed by atoms with van der Waals surface area (Å²) in [6, 6.07) is 3.71. The summed E-state index contributed by atoms with van der Waals surface area (Å²) in [4.78, 5) is 21.4. The van der Waals surface area contributed by atoms with E-state index in [4.69, 9.17) is 4.98 Å². The van der Waals surface area contributed by atoms with Gasteiger partial charge in [0.05, 0.1) is 17.5 Å². The molecule has 0 fully saturated rings. The number of Topliss-reactive ketones (excluding diaryl/α,β-unsaturated/α-hetero) is 1. The molecule has 9 heteroatoms. The lowest BCUT2D eigenvalue weighted by molar-refractivity contribution is 0.0895. The third-order valence-corrected chi connectivity index (χ3v) is 4.81. The van der Waals surface area contributed by atoms with Crippen LogP contribution in [0.2, 0.25) is 0 Å². The Balaban J connectivity index is 1.99. The van der Waals surface area contributed by atoms with E-state index in [1.54, 1.807) is 17.1 Å². The topological polar surface area (TPSA) is 103 Å². The molecule has 0 aliphatic rings. The zero-order chi connectivity index (χ0) is 19.3. The van der Waals surface area contributed by atoms with Gasteiger partial charge < -0.3 is 19.6 Å². The average Bonchev–Trinajstić information content (AvgIpc) is 3.30. The van der Waals surface area contributed by atoms with Crippen molar-refractivity contribution in [2.75, 3.05) is 11.9 Å². The number of carbonyl (C=O) groups excluding carboxylic acids is 1. The molecule has 0 unspecified atom stereocenters. The molecule has 0 radical (unpaired) electrons. The minimum absolute atomic E-state index is 0.333. The van der Waals surface area contributed by atoms with E-state index in [1.807, 2.05) is 43.1 Å². The molecule has 0 spiro atoms. The minimum atomic E-state index is -0.539. The quantitative estimate of drug-likeness (QED) is 0.522. The molecule has 4 aromatic heterocycles. The Morgan fingerprint density at radius 2 is 2.07 bits per heavy atom. The lowest BCUT2D eigenvalue weighted by Gasteiger charge is -2.08. The first-order chi connectivity index (χ1) is 12.9. The van der Waals surface area contributed by atoms with Gasteiger partial charge in [0.25, 0.3) is 0 Å². The molecule has 0 atom stereocenters. The predicted molar refractivity (Wildman–Crippen MR) is 102 cm³/mol. The molecule has 27 heavy (non-hydrogen) atoms. The van der Waals surface area contributed by atoms with Crippen LogP contribution in [0.25, 0.3) is 22.1 Å². The van der Waals surface area contributed by atoms with Crippen LogP contribution in [0.5, 0.6) is 0 Å². The van der Waals surface area contributed by atoms with E-state index in [0.29, 0.717) is 35.0 Å². The average molecular weight is 367 g/mol. The van der Waals surface area contributed by atoms with Crippen molar-refractivity contribution in [1.29, 1.82) is 0 Å². The number of carbonyl (C=O) groups is 1. The van der Waals surface area contributed by atoms with Crippen LogP contribution in [0.15, 0.2) is 18.5 Å². The molecule has 4 rings (SSSR count). The number of imidazole rings is 1. The summed E-state index contributed by atoms with van der Waals surface area (Å²) in [6.45, 7) is 3.93. The van der Waals surface area contributed by atoms with Gasteiger partial charge in [0.15, 0.2) is 11.6 Å². The molecule has 0 saturated heterocycles. The first-order valence-electron chi connectivity index (χ1n) is 8.70. The molecule has 9 nitrogen and oxygen atoms in total. The SMILES string of the molecule is CCn1c(C(=O)CO)cc2c3c(ncn3C)c(Nc3cc(C)n(C)n3)nc21. The summed E-state index contributed by atoms with van der Waals surface area (Å²) in [7, 11) is 3.78. The van der Waals surface area contributed by atoms with E-state index < -0.39 is 6.61 Å². The number of hydrogen-bond donors (Lipinski definition) is 2. The molecular weight excluding hydrogens is 346 g/mol. The van der Waals surface area contributed by atoms with Gasteiger partial charge in [-0.25, -0.2) is 9.97 Å². The minimum Gasteiger partial charge on any atom is -0.388 e. The van der Waals surface area contributed by atoms with Crippen molar-refractivity contribution in [2.45, 2.75) is 20.4 Å². The van der Waals surface area contributed by atoms with Crippen molar-refractivity contribution in [3.05, 3.63) is 29.8 Å². The van der Waals surface area contributed by atoms with Crippen LogP contribution in [-0.2, 0) is 20.6 Å². The highest BCUT2D eigenvalue weighted by Gasteiger charge is 2.21. The number of aliphatic hydroxyl groups is 1. The number of fused-ring (bicyclic) bond motifs is 3. The molecule has 4 heterocycles. The van der Waals surface area contributed by atoms with Gasteiger partial charge >= 0.3 is 0 Å². The normalized spacial score (nSPS) is 11.6. The van der Waals surface area contributed by atoms with E-state index in [9.17, 15) is 9.90 Å². The number of pyridine rings is 1. The molecule has 140 valence electrons. The van der Waals surface area contributed by atoms with E-state index in [1.165, 1.54) is 0 Å². The first kappa shape index (κ1) is 17.2. The summed E-state index contributed by atoms with van der Waals surface area (Å²) >= 11 is 0. The van der Waals surface area contributed by atoms with Crippen molar-refractivity contribution >= 4 is 39.5 Å². The summed E-state index contributed by atoms with van der Waals surface area (Å²) < 4.78 is 5.50. The number of aliphatic hydroxyl groups excluding tert-OH is 1. The maximum absolute atomic E-state index is 12.2. The van der Waals surface area contributed by atoms with Gasteiger partial charge in [-0.3, -0.25) is 9.48 Å². The Labute approximate surface area is 155 Å². The monoisotopic (exact) mass is 367 g/mol. The van der Waals surface area contributed by atoms with Gasteiger partial charge in [0.1, 0.15) is 17.8 Å². The van der Waals surface area contributed by atoms with Gasteiger partial charge in [0.2, 0.25) is 5.78 Å². The Morgan fingerprint density at radius 1 is 1.30 bits per heavy atom. The number of rotatable bonds is 5. The zero-order valence-electron chi connectivity index (χ0n) is 15.7. The van der Waals surface area contributed by atoms with Crippen LogP contribution in [0.1, 0.15) is 23.1 Å². The molecular formula is C18H21N7O2. The predicted octanol–water partition coefficient (Wildman–Crippen LogP) is 1.90. The van der Waals surface area contributed by atoms with Gasteiger partial charge in [-0.15, -0.1) is 0 Å². The Hall–Kier alpha value is -3.20. The number of hydrogen-bond acceptors (Lipinski definition) is 6. The Kier molecular flexibility index (Phi) is 3.96. The summed E-state index contributed by atoms with van der Waals surface area (Å²) in [5, 5.41) is 17.8. The maximum atomic E-state index is 12.2. The Bertz CT molecular complexity index is 1160. The molecule has 0 amide bonds. The van der Waals surface area contributed by atoms with Crippen molar-refractivity contribution in [1.82, 2.24) is 28.9 Å². The van der Waals surface area contributed by atoms with E-state index in [-0.39, 0.29) is 5.78 Å². The van der Waals surface area contributed by atoms with Crippen LogP contribution >= 0.6 is 0 Å². The standard InChI is InChI=1S/C18H21N7O2/c1-5-25-12(13(27)8-26)7-11-16-15(19-9-23(16)3)17(21-18(11)25)20-14-6-10(2)24(4)22-14/h6-7,9,26H,5,8H2,1-4H3,(H,20,21,22). The Morgan fingerprint density at radius 3 is 2.70 bits per heavy atom. The fraction of sp³-hybridized carbons (Fsp3) is 0.333. The zero-order valence-corrected chi connectivity index (χ0v) is 15.7. The van der Waals surface area contributed by atoms with Crippen LogP contribution in [0, 0.1) is 6.92 Å². The molecule has 2 N–H and O–H groups in total. The number of aryl methyl sites for hydroxylation is 4. The highest BCUT2D eigenvalue weighted by molar-refractivity contribution is 6.10. The van der Waals surface area contributed by atoms with Crippen LogP contribution in [0.3, 0.4) is 0 Å². The number of aromatic nitrogens is 6. The summed E-state index contributed by atoms with van der Waals surface area (Å²) in [5.74, 6) is 0.919. The van der Waals surface area contributed by atoms with Crippen LogP contribution < -0.4 is 5.32 Å². The fourth-order valence-electron chi connectivity index (χ4n) is 3.38. The second-order valence-corrected chi connectivity index (χ2v) is 6.53. The van der Waals surface area contributed by atoms with Gasteiger partial charge in [-0.05, 0) is 19.9 Å². The van der Waals surface area contributed by atoms with Crippen LogP contribution in [-0.4, -0.2) is 46.4 Å². The van der Waals surface area contributed by atoms with Gasteiger partial charge in [0, 0.05) is 37.8 Å². The summed E-state index contributed by atoms with van der Waals surface area (Å²) in [6.07, 6.45) is 1.72. The van der Waals surface area contributed by atoms with E-state index >= 15 is 0 Å². The third-order valence-electron chi connectivity index (χ3n) is 4.81. The first-order valence-corrected chi connectivity index (χ1v) is 8.70. The van der Waals surface area contributed by atoms with Crippen LogP contribution in [0.4, 0.5) is 11.6 Å². The van der Waals surface area contributed by atoms with Gasteiger partial charge in [-0.1, -0.05) is 0 Å². The number of nitrogens with one attached hydrogen (secondary N) is 1. The molecule has 0 aliphatic heterocycles. The maximum Gasteiger partial charge on any atom is 0.204 e. The number of anilines is 2. The van der Waals surface area contributed by atoms with Crippen molar-refractivity contribution in [2.24, 2.45) is 14.1 Å². The third kappa shape index (κ3) is 2.58. The highest BCUT2D eigenvalue weighted by atomic mass is 16.3. The molecule has 0 saturated carbocycles. The molecule has 4 aromatic rings. The lowest BCUT2D eigenvalue weighted by atomic mass is 10.2. The number of ketones is 1. The largest absolute Gasteiger partial charge is 0.388 e. The summed E-state index contributed by atoms with van der Waals surface area (Å²) in [5.41, 5.74) is 3.69. The fourth-order valence-corrected chi connectivity index (χ4v) is 3.38.